The van der Waals surface area contributed by atoms with Crippen LogP contribution in [-0.4, -0.2) is 55.5 Å². The van der Waals surface area contributed by atoms with Gasteiger partial charge in [-0.3, -0.25) is 9.69 Å². The van der Waals surface area contributed by atoms with E-state index >= 15 is 0 Å². The average Bonchev–Trinajstić information content (AvgIpc) is 2.26. The smallest absolute Gasteiger partial charge is 0.296 e. The van der Waals surface area contributed by atoms with Gasteiger partial charge < -0.3 is 10.2 Å². The van der Waals surface area contributed by atoms with Crippen LogP contribution in [0.2, 0.25) is 0 Å². The second kappa shape index (κ2) is 6.44. The summed E-state index contributed by atoms with van der Waals surface area (Å²) >= 11 is 0. The Labute approximate surface area is 91.6 Å². The summed E-state index contributed by atoms with van der Waals surface area (Å²) < 4.78 is 0. The molecule has 2 radical (unpaired) electrons. The Morgan fingerprint density at radius 3 is 2.67 bits per heavy atom. The number of nitrogens with one attached hydrogen (secondary N) is 1. The van der Waals surface area contributed by atoms with Crippen LogP contribution in [0.5, 0.6) is 0 Å². The van der Waals surface area contributed by atoms with E-state index in [0.29, 0.717) is 0 Å². The van der Waals surface area contributed by atoms with E-state index in [1.807, 2.05) is 5.32 Å². The zero-order chi connectivity index (χ0) is 11.1. The molecule has 4 heteroatoms. The lowest BCUT2D eigenvalue weighted by atomic mass is 10.3. The molecule has 1 fully saturated rings. The van der Waals surface area contributed by atoms with Crippen molar-refractivity contribution in [2.75, 3.05) is 39.8 Å². The van der Waals surface area contributed by atoms with Crippen LogP contribution in [0.15, 0.2) is 0 Å². The van der Waals surface area contributed by atoms with Gasteiger partial charge in [-0.05, 0) is 13.0 Å². The summed E-state index contributed by atoms with van der Waals surface area (Å²) in [7, 11) is 7.02. The van der Waals surface area contributed by atoms with Gasteiger partial charge in [-0.2, -0.15) is 0 Å². The van der Waals surface area contributed by atoms with E-state index in [0.717, 1.165) is 39.1 Å². The van der Waals surface area contributed by atoms with Gasteiger partial charge in [0, 0.05) is 39.1 Å². The molecule has 0 bridgehead atoms. The number of hydrogen-bond acceptors (Lipinski definition) is 3. The fourth-order valence-corrected chi connectivity index (χ4v) is 1.46. The summed E-state index contributed by atoms with van der Waals surface area (Å²) in [5.41, 5.74) is 0. The third-order valence-corrected chi connectivity index (χ3v) is 2.48. The van der Waals surface area contributed by atoms with Crippen LogP contribution >= 0.6 is 0 Å². The van der Waals surface area contributed by atoms with Crippen LogP contribution in [-0.2, 0) is 4.79 Å². The van der Waals surface area contributed by atoms with E-state index in [1.54, 1.807) is 0 Å². The fraction of sp³-hybridized carbons (Fsp3) is 0.636. The van der Waals surface area contributed by atoms with Crippen LogP contribution in [0.25, 0.3) is 0 Å². The molecule has 0 aromatic carbocycles. The molecule has 0 unspecified atom stereocenters. The molecule has 4 nitrogen and oxygen atoms in total. The molecule has 0 spiro atoms. The average molecular weight is 207 g/mol. The van der Waals surface area contributed by atoms with Crippen molar-refractivity contribution in [1.82, 2.24) is 15.1 Å². The first-order chi connectivity index (χ1) is 7.22. The van der Waals surface area contributed by atoms with Gasteiger partial charge in [0.1, 0.15) is 0 Å². The van der Waals surface area contributed by atoms with Gasteiger partial charge in [-0.15, -0.1) is 0 Å². The number of carbonyl (C=O) groups excluding carboxylic acids is 1. The quantitative estimate of drug-likeness (QED) is 0.486. The molecule has 1 aliphatic rings. The molecule has 1 rings (SSSR count). The Kier molecular flexibility index (Phi) is 5.16. The second-order valence-electron chi connectivity index (χ2n) is 3.67. The summed E-state index contributed by atoms with van der Waals surface area (Å²) in [5.74, 6) is 4.79. The Bertz CT molecular complexity index is 259. The lowest BCUT2D eigenvalue weighted by Crippen LogP contribution is -2.44. The largest absolute Gasteiger partial charge is 0.338 e. The molecular formula is C11H17N3O. The first kappa shape index (κ1) is 12.0. The van der Waals surface area contributed by atoms with E-state index in [-0.39, 0.29) is 0 Å². The number of likely N-dealkylation sites (N-methyl/N-ethyl adjacent to an activating group) is 1. The number of hydrogen-bond donors (Lipinski definition) is 1. The van der Waals surface area contributed by atoms with Crippen LogP contribution in [0.4, 0.5) is 0 Å². The predicted molar refractivity (Wildman–Crippen MR) is 58.8 cm³/mol. The molecule has 1 N–H and O–H groups in total. The van der Waals surface area contributed by atoms with Crippen molar-refractivity contribution in [2.24, 2.45) is 0 Å². The number of amides is 1. The van der Waals surface area contributed by atoms with Gasteiger partial charge >= 0.3 is 0 Å². The first-order valence-electron chi connectivity index (χ1n) is 5.12. The normalized spacial score (nSPS) is 18.0. The summed E-state index contributed by atoms with van der Waals surface area (Å²) in [5, 5.41) is 1.98. The molecule has 1 amide bonds. The van der Waals surface area contributed by atoms with E-state index in [2.05, 4.69) is 28.7 Å². The Morgan fingerprint density at radius 2 is 2.07 bits per heavy atom. The van der Waals surface area contributed by atoms with Crippen molar-refractivity contribution < 1.29 is 4.79 Å². The molecule has 0 aromatic heterocycles. The molecule has 0 atom stereocenters. The topological polar surface area (TPSA) is 35.6 Å². The number of carbonyl (C=O) groups is 1. The zero-order valence-electron chi connectivity index (χ0n) is 9.12. The van der Waals surface area contributed by atoms with Crippen molar-refractivity contribution in [1.29, 1.82) is 0 Å². The summed E-state index contributed by atoms with van der Waals surface area (Å²) in [6.07, 6.45) is 0.719. The van der Waals surface area contributed by atoms with Gasteiger partial charge in [-0.25, -0.2) is 0 Å². The monoisotopic (exact) mass is 207 g/mol. The Hall–Kier alpha value is -1.05. The van der Waals surface area contributed by atoms with Gasteiger partial charge in [0.2, 0.25) is 0 Å². The van der Waals surface area contributed by atoms with Crippen molar-refractivity contribution in [2.45, 2.75) is 6.42 Å². The fourth-order valence-electron chi connectivity index (χ4n) is 1.46. The van der Waals surface area contributed by atoms with Crippen molar-refractivity contribution in [3.05, 3.63) is 7.05 Å². The van der Waals surface area contributed by atoms with Crippen LogP contribution < -0.4 is 5.32 Å². The Morgan fingerprint density at radius 1 is 1.40 bits per heavy atom. The SMILES string of the molecule is [CH]NC(=O)C#CCCN1CCN(C)CC1. The minimum absolute atomic E-state index is 0.423. The lowest BCUT2D eigenvalue weighted by Gasteiger charge is -2.31. The minimum atomic E-state index is -0.423. The van der Waals surface area contributed by atoms with Gasteiger partial charge in [0.05, 0.1) is 7.05 Å². The van der Waals surface area contributed by atoms with Gasteiger partial charge in [0.15, 0.2) is 0 Å². The zero-order valence-corrected chi connectivity index (χ0v) is 9.12. The van der Waals surface area contributed by atoms with Crippen molar-refractivity contribution in [3.8, 4) is 11.8 Å². The highest BCUT2D eigenvalue weighted by molar-refractivity contribution is 5.93. The highest BCUT2D eigenvalue weighted by Crippen LogP contribution is 1.99. The maximum Gasteiger partial charge on any atom is 0.296 e. The van der Waals surface area contributed by atoms with E-state index < -0.39 is 5.91 Å². The first-order valence-corrected chi connectivity index (χ1v) is 5.12. The van der Waals surface area contributed by atoms with Crippen molar-refractivity contribution in [3.63, 3.8) is 0 Å². The molecule has 0 aliphatic carbocycles. The summed E-state index contributed by atoms with van der Waals surface area (Å²) in [4.78, 5) is 15.3. The van der Waals surface area contributed by atoms with E-state index in [4.69, 9.17) is 7.05 Å². The van der Waals surface area contributed by atoms with Crippen LogP contribution in [0.1, 0.15) is 6.42 Å². The minimum Gasteiger partial charge on any atom is -0.338 e. The molecule has 1 aliphatic heterocycles. The molecule has 0 saturated carbocycles. The predicted octanol–water partition coefficient (Wildman–Crippen LogP) is -0.588. The number of piperazine rings is 1. The third kappa shape index (κ3) is 4.82. The molecule has 82 valence electrons. The van der Waals surface area contributed by atoms with Crippen LogP contribution in [0.3, 0.4) is 0 Å². The second-order valence-corrected chi connectivity index (χ2v) is 3.67. The molecular weight excluding hydrogens is 190 g/mol. The van der Waals surface area contributed by atoms with Gasteiger partial charge in [-0.1, -0.05) is 5.92 Å². The molecule has 1 saturated heterocycles. The molecule has 1 heterocycles. The van der Waals surface area contributed by atoms with Gasteiger partial charge in [0.25, 0.3) is 5.91 Å². The highest BCUT2D eigenvalue weighted by atomic mass is 16.1. The summed E-state index contributed by atoms with van der Waals surface area (Å²) in [6.45, 7) is 5.31. The maximum atomic E-state index is 10.7. The number of rotatable bonds is 2. The van der Waals surface area contributed by atoms with Crippen LogP contribution in [0, 0.1) is 18.9 Å². The summed E-state index contributed by atoms with van der Waals surface area (Å²) in [6, 6.07) is 0. The van der Waals surface area contributed by atoms with E-state index in [1.165, 1.54) is 0 Å². The van der Waals surface area contributed by atoms with Crippen molar-refractivity contribution >= 4 is 5.91 Å². The number of nitrogens with zero attached hydrogens (tertiary/aromatic N) is 2. The van der Waals surface area contributed by atoms with E-state index in [9.17, 15) is 4.79 Å². The molecule has 0 aromatic rings. The Balaban J connectivity index is 2.14. The third-order valence-electron chi connectivity index (χ3n) is 2.48. The molecule has 15 heavy (non-hydrogen) atoms. The maximum absolute atomic E-state index is 10.7. The lowest BCUT2D eigenvalue weighted by molar-refractivity contribution is -0.114. The highest BCUT2D eigenvalue weighted by Gasteiger charge is 2.12. The standard InChI is InChI=1S/C11H17N3O/c1-12-11(15)5-3-4-6-14-9-7-13(2)8-10-14/h1H,4,6-10H2,2H3,(H,12,15).